The van der Waals surface area contributed by atoms with Crippen molar-refractivity contribution in [3.63, 3.8) is 0 Å². The third-order valence-corrected chi connectivity index (χ3v) is 6.74. The lowest BCUT2D eigenvalue weighted by Crippen LogP contribution is -2.40. The predicted octanol–water partition coefficient (Wildman–Crippen LogP) is 2.05. The van der Waals surface area contributed by atoms with Crippen molar-refractivity contribution >= 4 is 26.0 Å². The van der Waals surface area contributed by atoms with Crippen molar-refractivity contribution in [2.45, 2.75) is 37.4 Å². The SMILES string of the molecule is COC1CCN(S(=O)(=O)c2cc(CO)cc(Br)c2C)CC1. The molecule has 1 fully saturated rings. The number of hydrogen-bond donors (Lipinski definition) is 1. The minimum Gasteiger partial charge on any atom is -0.392 e. The Hall–Kier alpha value is -0.470. The van der Waals surface area contributed by atoms with E-state index in [-0.39, 0.29) is 17.6 Å². The Labute approximate surface area is 134 Å². The second kappa shape index (κ2) is 6.75. The molecule has 0 saturated carbocycles. The van der Waals surface area contributed by atoms with Gasteiger partial charge in [0.1, 0.15) is 0 Å². The van der Waals surface area contributed by atoms with Gasteiger partial charge >= 0.3 is 0 Å². The van der Waals surface area contributed by atoms with Crippen LogP contribution in [0.15, 0.2) is 21.5 Å². The highest BCUT2D eigenvalue weighted by Gasteiger charge is 2.31. The summed E-state index contributed by atoms with van der Waals surface area (Å²) in [5, 5.41) is 9.27. The van der Waals surface area contributed by atoms with Crippen LogP contribution in [-0.4, -0.2) is 44.1 Å². The van der Waals surface area contributed by atoms with Gasteiger partial charge in [-0.05, 0) is 43.0 Å². The number of benzene rings is 1. The molecule has 21 heavy (non-hydrogen) atoms. The molecule has 1 saturated heterocycles. The number of ether oxygens (including phenoxy) is 1. The van der Waals surface area contributed by atoms with E-state index in [1.807, 2.05) is 0 Å². The van der Waals surface area contributed by atoms with E-state index in [0.717, 1.165) is 0 Å². The fraction of sp³-hybridized carbons (Fsp3) is 0.571. The van der Waals surface area contributed by atoms with Crippen molar-refractivity contribution in [2.24, 2.45) is 0 Å². The van der Waals surface area contributed by atoms with E-state index in [1.165, 1.54) is 4.31 Å². The number of nitrogens with zero attached hydrogens (tertiary/aromatic N) is 1. The lowest BCUT2D eigenvalue weighted by Gasteiger charge is -2.31. The van der Waals surface area contributed by atoms with Gasteiger partial charge in [0, 0.05) is 24.7 Å². The minimum absolute atomic E-state index is 0.132. The standard InChI is InChI=1S/C14H20BrNO4S/c1-10-13(15)7-11(9-17)8-14(10)21(18,19)16-5-3-12(20-2)4-6-16/h7-8,12,17H,3-6,9H2,1-2H3. The maximum atomic E-state index is 12.8. The molecular weight excluding hydrogens is 358 g/mol. The van der Waals surface area contributed by atoms with Crippen LogP contribution in [0.25, 0.3) is 0 Å². The van der Waals surface area contributed by atoms with Gasteiger partial charge in [-0.15, -0.1) is 0 Å². The van der Waals surface area contributed by atoms with E-state index in [1.54, 1.807) is 26.2 Å². The lowest BCUT2D eigenvalue weighted by atomic mass is 10.1. The van der Waals surface area contributed by atoms with Crippen LogP contribution in [0.1, 0.15) is 24.0 Å². The molecule has 0 aliphatic carbocycles. The Morgan fingerprint density at radius 2 is 2.00 bits per heavy atom. The molecule has 1 aliphatic heterocycles. The Morgan fingerprint density at radius 1 is 1.38 bits per heavy atom. The molecule has 7 heteroatoms. The van der Waals surface area contributed by atoms with E-state index < -0.39 is 10.0 Å². The van der Waals surface area contributed by atoms with Crippen LogP contribution in [0.4, 0.5) is 0 Å². The van der Waals surface area contributed by atoms with Gasteiger partial charge in [0.2, 0.25) is 10.0 Å². The zero-order chi connectivity index (χ0) is 15.6. The molecule has 1 aromatic rings. The van der Waals surface area contributed by atoms with Gasteiger partial charge in [0.15, 0.2) is 0 Å². The van der Waals surface area contributed by atoms with E-state index in [0.29, 0.717) is 41.5 Å². The highest BCUT2D eigenvalue weighted by molar-refractivity contribution is 9.10. The number of hydrogen-bond acceptors (Lipinski definition) is 4. The van der Waals surface area contributed by atoms with Gasteiger partial charge in [0.25, 0.3) is 0 Å². The quantitative estimate of drug-likeness (QED) is 0.871. The zero-order valence-corrected chi connectivity index (χ0v) is 14.6. The average molecular weight is 378 g/mol. The molecule has 0 atom stereocenters. The van der Waals surface area contributed by atoms with E-state index in [4.69, 9.17) is 4.74 Å². The Balaban J connectivity index is 2.34. The van der Waals surface area contributed by atoms with Crippen LogP contribution in [0.3, 0.4) is 0 Å². The van der Waals surface area contributed by atoms with Crippen molar-refractivity contribution in [1.82, 2.24) is 4.31 Å². The summed E-state index contributed by atoms with van der Waals surface area (Å²) >= 11 is 3.36. The summed E-state index contributed by atoms with van der Waals surface area (Å²) in [6.45, 7) is 2.50. The Morgan fingerprint density at radius 3 is 2.52 bits per heavy atom. The smallest absolute Gasteiger partial charge is 0.243 e. The first-order valence-corrected chi connectivity index (χ1v) is 9.06. The van der Waals surface area contributed by atoms with E-state index in [9.17, 15) is 13.5 Å². The molecule has 0 aromatic heterocycles. The monoisotopic (exact) mass is 377 g/mol. The third kappa shape index (κ3) is 3.48. The zero-order valence-electron chi connectivity index (χ0n) is 12.2. The highest BCUT2D eigenvalue weighted by Crippen LogP contribution is 2.29. The van der Waals surface area contributed by atoms with Gasteiger partial charge < -0.3 is 9.84 Å². The molecular formula is C14H20BrNO4S. The number of rotatable bonds is 4. The van der Waals surface area contributed by atoms with Crippen LogP contribution in [0.2, 0.25) is 0 Å². The van der Waals surface area contributed by atoms with Gasteiger partial charge in [-0.25, -0.2) is 8.42 Å². The molecule has 0 spiro atoms. The number of piperidine rings is 1. The van der Waals surface area contributed by atoms with Crippen LogP contribution < -0.4 is 0 Å². The largest absolute Gasteiger partial charge is 0.392 e. The third-order valence-electron chi connectivity index (χ3n) is 3.89. The summed E-state index contributed by atoms with van der Waals surface area (Å²) in [7, 11) is -1.89. The van der Waals surface area contributed by atoms with Gasteiger partial charge in [-0.2, -0.15) is 4.31 Å². The molecule has 0 unspecified atom stereocenters. The molecule has 1 aromatic carbocycles. The first-order chi connectivity index (χ1) is 9.90. The maximum Gasteiger partial charge on any atom is 0.243 e. The second-order valence-electron chi connectivity index (χ2n) is 5.20. The Kier molecular flexibility index (Phi) is 5.43. The van der Waals surface area contributed by atoms with Crippen LogP contribution >= 0.6 is 15.9 Å². The fourth-order valence-corrected chi connectivity index (χ4v) is 4.92. The van der Waals surface area contributed by atoms with Gasteiger partial charge in [0.05, 0.1) is 17.6 Å². The molecule has 118 valence electrons. The number of aliphatic hydroxyl groups is 1. The molecule has 1 heterocycles. The number of halogens is 1. The van der Waals surface area contributed by atoms with Crippen molar-refractivity contribution < 1.29 is 18.3 Å². The molecule has 2 rings (SSSR count). The second-order valence-corrected chi connectivity index (χ2v) is 7.96. The fourth-order valence-electron chi connectivity index (χ4n) is 2.51. The summed E-state index contributed by atoms with van der Waals surface area (Å²) in [6.07, 6.45) is 1.54. The van der Waals surface area contributed by atoms with Crippen molar-refractivity contribution in [3.8, 4) is 0 Å². The molecule has 0 radical (unpaired) electrons. The Bertz CT molecular complexity index is 610. The van der Waals surface area contributed by atoms with Crippen LogP contribution in [-0.2, 0) is 21.4 Å². The lowest BCUT2D eigenvalue weighted by molar-refractivity contribution is 0.0604. The van der Waals surface area contributed by atoms with Crippen molar-refractivity contribution in [2.75, 3.05) is 20.2 Å². The number of sulfonamides is 1. The van der Waals surface area contributed by atoms with Crippen LogP contribution in [0.5, 0.6) is 0 Å². The molecule has 1 N–H and O–H groups in total. The number of methoxy groups -OCH3 is 1. The minimum atomic E-state index is -3.54. The van der Waals surface area contributed by atoms with E-state index in [2.05, 4.69) is 15.9 Å². The average Bonchev–Trinajstić information content (AvgIpc) is 2.49. The summed E-state index contributed by atoms with van der Waals surface area (Å²) < 4.78 is 33.1. The predicted molar refractivity (Wildman–Crippen MR) is 83.6 cm³/mol. The molecule has 1 aliphatic rings. The van der Waals surface area contributed by atoms with Gasteiger partial charge in [-0.1, -0.05) is 15.9 Å². The first kappa shape index (κ1) is 16.9. The van der Waals surface area contributed by atoms with Crippen molar-refractivity contribution in [3.05, 3.63) is 27.7 Å². The molecule has 5 nitrogen and oxygen atoms in total. The number of aliphatic hydroxyl groups excluding tert-OH is 1. The van der Waals surface area contributed by atoms with Gasteiger partial charge in [-0.3, -0.25) is 0 Å². The molecule has 0 bridgehead atoms. The topological polar surface area (TPSA) is 66.8 Å². The summed E-state index contributed by atoms with van der Waals surface area (Å²) in [6, 6.07) is 3.29. The van der Waals surface area contributed by atoms with Crippen molar-refractivity contribution in [1.29, 1.82) is 0 Å². The normalized spacial score (nSPS) is 18.1. The molecule has 0 amide bonds. The maximum absolute atomic E-state index is 12.8. The highest BCUT2D eigenvalue weighted by atomic mass is 79.9. The summed E-state index contributed by atoms with van der Waals surface area (Å²) in [5.41, 5.74) is 1.25. The summed E-state index contributed by atoms with van der Waals surface area (Å²) in [5.74, 6) is 0. The summed E-state index contributed by atoms with van der Waals surface area (Å²) in [4.78, 5) is 0.261. The first-order valence-electron chi connectivity index (χ1n) is 6.83. The van der Waals surface area contributed by atoms with Crippen LogP contribution in [0, 0.1) is 6.92 Å². The van der Waals surface area contributed by atoms with E-state index >= 15 is 0 Å².